The van der Waals surface area contributed by atoms with Gasteiger partial charge in [0.1, 0.15) is 17.5 Å². The van der Waals surface area contributed by atoms with Crippen molar-refractivity contribution in [1.82, 2.24) is 4.98 Å². The summed E-state index contributed by atoms with van der Waals surface area (Å²) in [4.78, 5) is 14.7. The SMILES string of the molecule is CCNc1cc([N+](=O)[O-])cc(Nc2ccc(F)cc2I)n1. The summed E-state index contributed by atoms with van der Waals surface area (Å²) in [7, 11) is 0. The van der Waals surface area contributed by atoms with Crippen LogP contribution in [0.5, 0.6) is 0 Å². The van der Waals surface area contributed by atoms with Crippen LogP contribution in [0.2, 0.25) is 0 Å². The summed E-state index contributed by atoms with van der Waals surface area (Å²) in [5.41, 5.74) is 0.563. The minimum absolute atomic E-state index is 0.0689. The Morgan fingerprint density at radius 3 is 2.67 bits per heavy atom. The van der Waals surface area contributed by atoms with Crippen molar-refractivity contribution in [2.45, 2.75) is 6.92 Å². The molecular weight excluding hydrogens is 390 g/mol. The van der Waals surface area contributed by atoms with Crippen molar-refractivity contribution in [3.63, 3.8) is 0 Å². The number of hydrogen-bond acceptors (Lipinski definition) is 5. The van der Waals surface area contributed by atoms with Crippen LogP contribution >= 0.6 is 22.6 Å². The molecule has 2 N–H and O–H groups in total. The fourth-order valence-corrected chi connectivity index (χ4v) is 2.30. The molecule has 1 aromatic heterocycles. The van der Waals surface area contributed by atoms with Crippen molar-refractivity contribution in [1.29, 1.82) is 0 Å². The summed E-state index contributed by atoms with van der Waals surface area (Å²) in [5.74, 6) is 0.390. The predicted octanol–water partition coefficient (Wildman–Crippen LogP) is 3.91. The molecule has 0 radical (unpaired) electrons. The molecule has 0 aliphatic rings. The van der Waals surface area contributed by atoms with Crippen LogP contribution < -0.4 is 10.6 Å². The van der Waals surface area contributed by atoms with Gasteiger partial charge in [-0.2, -0.15) is 0 Å². The molecule has 110 valence electrons. The van der Waals surface area contributed by atoms with Crippen molar-refractivity contribution >= 4 is 45.6 Å². The highest BCUT2D eigenvalue weighted by Crippen LogP contribution is 2.26. The zero-order valence-corrected chi connectivity index (χ0v) is 13.2. The second kappa shape index (κ2) is 6.66. The number of hydrogen-bond donors (Lipinski definition) is 2. The summed E-state index contributed by atoms with van der Waals surface area (Å²) in [6, 6.07) is 6.94. The summed E-state index contributed by atoms with van der Waals surface area (Å²) in [6.45, 7) is 2.47. The van der Waals surface area contributed by atoms with Crippen molar-refractivity contribution in [2.24, 2.45) is 0 Å². The second-order valence-electron chi connectivity index (χ2n) is 4.13. The Labute approximate surface area is 134 Å². The Balaban J connectivity index is 2.36. The average Bonchev–Trinajstić information content (AvgIpc) is 2.42. The lowest BCUT2D eigenvalue weighted by atomic mass is 10.3. The molecule has 0 aliphatic heterocycles. The summed E-state index contributed by atoms with van der Waals surface area (Å²) in [6.07, 6.45) is 0. The standard InChI is InChI=1S/C13H12FIN4O2/c1-2-16-12-6-9(19(20)21)7-13(18-12)17-11-4-3-8(14)5-10(11)15/h3-7H,2H2,1H3,(H2,16,17,18). The van der Waals surface area contributed by atoms with E-state index in [1.807, 2.05) is 29.5 Å². The van der Waals surface area contributed by atoms with E-state index in [1.165, 1.54) is 24.3 Å². The van der Waals surface area contributed by atoms with Gasteiger partial charge >= 0.3 is 0 Å². The van der Waals surface area contributed by atoms with E-state index in [2.05, 4.69) is 15.6 Å². The van der Waals surface area contributed by atoms with Gasteiger partial charge in [-0.3, -0.25) is 10.1 Å². The van der Waals surface area contributed by atoms with Crippen LogP contribution in [0.3, 0.4) is 0 Å². The third kappa shape index (κ3) is 4.00. The zero-order valence-electron chi connectivity index (χ0n) is 11.1. The molecule has 0 saturated carbocycles. The lowest BCUT2D eigenvalue weighted by Gasteiger charge is -2.10. The molecule has 0 saturated heterocycles. The van der Waals surface area contributed by atoms with Crippen molar-refractivity contribution < 1.29 is 9.31 Å². The van der Waals surface area contributed by atoms with E-state index in [0.29, 0.717) is 27.4 Å². The molecule has 0 spiro atoms. The van der Waals surface area contributed by atoms with E-state index >= 15 is 0 Å². The normalized spacial score (nSPS) is 10.2. The van der Waals surface area contributed by atoms with Crippen LogP contribution in [-0.4, -0.2) is 16.5 Å². The van der Waals surface area contributed by atoms with E-state index in [-0.39, 0.29) is 11.5 Å². The van der Waals surface area contributed by atoms with Crippen LogP contribution in [0.25, 0.3) is 0 Å². The minimum Gasteiger partial charge on any atom is -0.370 e. The number of nitrogens with zero attached hydrogens (tertiary/aromatic N) is 2. The first-order valence-corrected chi connectivity index (χ1v) is 7.20. The van der Waals surface area contributed by atoms with Gasteiger partial charge in [-0.1, -0.05) is 0 Å². The topological polar surface area (TPSA) is 80.1 Å². The maximum atomic E-state index is 13.1. The molecule has 2 aromatic rings. The molecule has 0 aliphatic carbocycles. The Bertz CT molecular complexity index is 681. The molecule has 1 heterocycles. The molecule has 0 bridgehead atoms. The highest BCUT2D eigenvalue weighted by Gasteiger charge is 2.12. The minimum atomic E-state index is -0.483. The number of nitro groups is 1. The van der Waals surface area contributed by atoms with Crippen molar-refractivity contribution in [3.05, 3.63) is 49.8 Å². The Kier molecular flexibility index (Phi) is 4.89. The van der Waals surface area contributed by atoms with Crippen LogP contribution in [0.15, 0.2) is 30.3 Å². The Hall–Kier alpha value is -1.97. The monoisotopic (exact) mass is 402 g/mol. The van der Waals surface area contributed by atoms with Crippen LogP contribution in [0.4, 0.5) is 27.4 Å². The van der Waals surface area contributed by atoms with E-state index < -0.39 is 4.92 Å². The van der Waals surface area contributed by atoms with Gasteiger partial charge in [-0.25, -0.2) is 9.37 Å². The molecule has 0 unspecified atom stereocenters. The molecule has 2 rings (SSSR count). The third-order valence-electron chi connectivity index (χ3n) is 2.57. The molecule has 0 fully saturated rings. The van der Waals surface area contributed by atoms with Gasteiger partial charge in [-0.15, -0.1) is 0 Å². The van der Waals surface area contributed by atoms with Gasteiger partial charge in [-0.05, 0) is 47.7 Å². The molecular formula is C13H12FIN4O2. The molecule has 21 heavy (non-hydrogen) atoms. The lowest BCUT2D eigenvalue weighted by Crippen LogP contribution is -2.04. The first kappa shape index (κ1) is 15.4. The van der Waals surface area contributed by atoms with Crippen molar-refractivity contribution in [3.8, 4) is 0 Å². The predicted molar refractivity (Wildman–Crippen MR) is 87.5 cm³/mol. The van der Waals surface area contributed by atoms with E-state index in [1.54, 1.807) is 6.07 Å². The molecule has 0 atom stereocenters. The number of benzene rings is 1. The zero-order chi connectivity index (χ0) is 15.4. The van der Waals surface area contributed by atoms with E-state index in [9.17, 15) is 14.5 Å². The summed E-state index contributed by atoms with van der Waals surface area (Å²) >= 11 is 1.98. The fraction of sp³-hybridized carbons (Fsp3) is 0.154. The van der Waals surface area contributed by atoms with Gasteiger partial charge < -0.3 is 10.6 Å². The summed E-state index contributed by atoms with van der Waals surface area (Å²) in [5, 5.41) is 16.8. The number of rotatable bonds is 5. The number of aromatic nitrogens is 1. The third-order valence-corrected chi connectivity index (χ3v) is 3.47. The number of anilines is 3. The van der Waals surface area contributed by atoms with Gasteiger partial charge in [0.15, 0.2) is 0 Å². The first-order valence-electron chi connectivity index (χ1n) is 6.12. The fourth-order valence-electron chi connectivity index (χ4n) is 1.69. The lowest BCUT2D eigenvalue weighted by molar-refractivity contribution is -0.384. The van der Waals surface area contributed by atoms with Gasteiger partial charge in [0.2, 0.25) is 0 Å². The van der Waals surface area contributed by atoms with Crippen LogP contribution in [-0.2, 0) is 0 Å². The van der Waals surface area contributed by atoms with Crippen LogP contribution in [0, 0.1) is 19.5 Å². The van der Waals surface area contributed by atoms with E-state index in [0.717, 1.165) is 0 Å². The number of halogens is 2. The van der Waals surface area contributed by atoms with Crippen molar-refractivity contribution in [2.75, 3.05) is 17.2 Å². The summed E-state index contributed by atoms with van der Waals surface area (Å²) < 4.78 is 13.7. The maximum absolute atomic E-state index is 13.1. The van der Waals surface area contributed by atoms with Gasteiger partial charge in [0, 0.05) is 10.1 Å². The largest absolute Gasteiger partial charge is 0.370 e. The Morgan fingerprint density at radius 2 is 2.05 bits per heavy atom. The quantitative estimate of drug-likeness (QED) is 0.451. The number of pyridine rings is 1. The van der Waals surface area contributed by atoms with Gasteiger partial charge in [0.25, 0.3) is 5.69 Å². The molecule has 8 heteroatoms. The Morgan fingerprint density at radius 1 is 1.33 bits per heavy atom. The van der Waals surface area contributed by atoms with E-state index in [4.69, 9.17) is 0 Å². The first-order chi connectivity index (χ1) is 9.99. The molecule has 1 aromatic carbocycles. The maximum Gasteiger partial charge on any atom is 0.276 e. The highest BCUT2D eigenvalue weighted by atomic mass is 127. The van der Waals surface area contributed by atoms with Gasteiger partial charge in [0.05, 0.1) is 22.7 Å². The second-order valence-corrected chi connectivity index (χ2v) is 5.29. The molecule has 6 nitrogen and oxygen atoms in total. The molecule has 0 amide bonds. The highest BCUT2D eigenvalue weighted by molar-refractivity contribution is 14.1. The smallest absolute Gasteiger partial charge is 0.276 e. The number of nitrogens with one attached hydrogen (secondary N) is 2. The van der Waals surface area contributed by atoms with Crippen LogP contribution in [0.1, 0.15) is 6.92 Å². The average molecular weight is 402 g/mol.